The topological polar surface area (TPSA) is 83.9 Å². The molecular weight excluding hydrogens is 380 g/mol. The van der Waals surface area contributed by atoms with Crippen LogP contribution in [0.5, 0.6) is 0 Å². The van der Waals surface area contributed by atoms with E-state index in [1.165, 1.54) is 24.3 Å². The van der Waals surface area contributed by atoms with Gasteiger partial charge in [0, 0.05) is 0 Å². The number of amides is 1. The number of rotatable bonds is 4. The molecule has 0 aliphatic carbocycles. The molecule has 1 aliphatic rings. The molecule has 1 aliphatic heterocycles. The summed E-state index contributed by atoms with van der Waals surface area (Å²) in [6, 6.07) is 3.73. The van der Waals surface area contributed by atoms with E-state index in [1.54, 1.807) is 34.6 Å². The van der Waals surface area contributed by atoms with Gasteiger partial charge < -0.3 is 9.84 Å². The van der Waals surface area contributed by atoms with Gasteiger partial charge in [0.15, 0.2) is 6.01 Å². The first-order valence-corrected chi connectivity index (χ1v) is 10.1. The lowest BCUT2D eigenvalue weighted by Gasteiger charge is -2.48. The third-order valence-corrected chi connectivity index (χ3v) is 6.43. The van der Waals surface area contributed by atoms with Gasteiger partial charge in [-0.05, 0) is 37.0 Å². The minimum Gasteiger partial charge on any atom is -0.465 e. The van der Waals surface area contributed by atoms with Crippen LogP contribution in [0.25, 0.3) is 0 Å². The van der Waals surface area contributed by atoms with E-state index in [4.69, 9.17) is 4.74 Å². The van der Waals surface area contributed by atoms with Gasteiger partial charge in [0.2, 0.25) is 9.84 Å². The molecule has 0 saturated carbocycles. The van der Waals surface area contributed by atoms with Gasteiger partial charge in [0.05, 0.1) is 4.90 Å². The van der Waals surface area contributed by atoms with Crippen LogP contribution >= 0.6 is 0 Å². The van der Waals surface area contributed by atoms with E-state index >= 15 is 0 Å². The van der Waals surface area contributed by atoms with Gasteiger partial charge in [-0.15, -0.1) is 0 Å². The number of halogens is 2. The quantitative estimate of drug-likeness (QED) is 0.821. The third-order valence-electron chi connectivity index (χ3n) is 5.16. The lowest BCUT2D eigenvalue weighted by Crippen LogP contribution is -2.63. The fourth-order valence-corrected chi connectivity index (χ4v) is 4.43. The van der Waals surface area contributed by atoms with Crippen molar-refractivity contribution in [3.05, 3.63) is 29.8 Å². The Morgan fingerprint density at radius 3 is 2.11 bits per heavy atom. The summed E-state index contributed by atoms with van der Waals surface area (Å²) in [6.45, 7) is 7.26. The van der Waals surface area contributed by atoms with Gasteiger partial charge in [-0.3, -0.25) is 4.90 Å². The SMILES string of the molecule is CC1(C)O[C@H](c2ccc(S(=O)(=O)CF)cc2)[C@](CF)(C(C)(C)C)N1C(=O)O. The maximum absolute atomic E-state index is 14.5. The number of nitrogens with zero attached hydrogens (tertiary/aromatic N) is 1. The summed E-state index contributed by atoms with van der Waals surface area (Å²) in [4.78, 5) is 12.8. The molecule has 1 N–H and O–H groups in total. The second kappa shape index (κ2) is 6.70. The molecule has 6 nitrogen and oxygen atoms in total. The number of benzene rings is 1. The van der Waals surface area contributed by atoms with Crippen molar-refractivity contribution in [1.82, 2.24) is 4.90 Å². The Labute approximate surface area is 158 Å². The Balaban J connectivity index is 2.65. The molecule has 27 heavy (non-hydrogen) atoms. The van der Waals surface area contributed by atoms with Crippen LogP contribution in [0.3, 0.4) is 0 Å². The predicted octanol–water partition coefficient (Wildman–Crippen LogP) is 3.93. The van der Waals surface area contributed by atoms with E-state index in [-0.39, 0.29) is 4.90 Å². The van der Waals surface area contributed by atoms with Crippen molar-refractivity contribution in [1.29, 1.82) is 0 Å². The zero-order valence-electron chi connectivity index (χ0n) is 16.0. The lowest BCUT2D eigenvalue weighted by atomic mass is 9.68. The number of carboxylic acid groups (broad SMARTS) is 1. The molecule has 152 valence electrons. The number of ether oxygens (including phenoxy) is 1. The monoisotopic (exact) mass is 405 g/mol. The largest absolute Gasteiger partial charge is 0.465 e. The van der Waals surface area contributed by atoms with Gasteiger partial charge in [-0.2, -0.15) is 0 Å². The number of hydrogen-bond acceptors (Lipinski definition) is 4. The Bertz CT molecular complexity index is 817. The van der Waals surface area contributed by atoms with Crippen molar-refractivity contribution in [2.75, 3.05) is 12.7 Å². The highest BCUT2D eigenvalue weighted by Crippen LogP contribution is 2.56. The maximum Gasteiger partial charge on any atom is 0.410 e. The van der Waals surface area contributed by atoms with Crippen molar-refractivity contribution in [2.24, 2.45) is 5.41 Å². The summed E-state index contributed by atoms with van der Waals surface area (Å²) in [5.41, 5.74) is -3.28. The van der Waals surface area contributed by atoms with Crippen LogP contribution < -0.4 is 0 Å². The van der Waals surface area contributed by atoms with Gasteiger partial charge in [0.1, 0.15) is 24.0 Å². The fourth-order valence-electron chi connectivity index (χ4n) is 3.75. The van der Waals surface area contributed by atoms with Gasteiger partial charge in [-0.25, -0.2) is 22.0 Å². The summed E-state index contributed by atoms with van der Waals surface area (Å²) in [5, 5.41) is 9.78. The minimum absolute atomic E-state index is 0.206. The number of carbonyl (C=O) groups is 1. The Kier molecular flexibility index (Phi) is 5.35. The first-order chi connectivity index (χ1) is 12.2. The zero-order chi connectivity index (χ0) is 20.8. The summed E-state index contributed by atoms with van der Waals surface area (Å²) < 4.78 is 56.5. The highest BCUT2D eigenvalue weighted by molar-refractivity contribution is 7.91. The number of alkyl halides is 2. The van der Waals surface area contributed by atoms with Crippen molar-refractivity contribution in [3.63, 3.8) is 0 Å². The molecule has 1 aromatic carbocycles. The van der Waals surface area contributed by atoms with Crippen LogP contribution in [0.1, 0.15) is 46.3 Å². The van der Waals surface area contributed by atoms with Gasteiger partial charge >= 0.3 is 6.09 Å². The predicted molar refractivity (Wildman–Crippen MR) is 95.5 cm³/mol. The molecule has 0 bridgehead atoms. The summed E-state index contributed by atoms with van der Waals surface area (Å²) in [5.74, 6) is 0. The fraction of sp³-hybridized carbons (Fsp3) is 0.611. The molecule has 2 atom stereocenters. The molecule has 9 heteroatoms. The molecule has 1 amide bonds. The van der Waals surface area contributed by atoms with Gasteiger partial charge in [0.25, 0.3) is 0 Å². The van der Waals surface area contributed by atoms with Crippen molar-refractivity contribution >= 4 is 15.9 Å². The van der Waals surface area contributed by atoms with E-state index in [9.17, 15) is 27.1 Å². The standard InChI is InChI=1S/C18H25F2NO5S/c1-16(2,3)18(10-19)14(26-17(4,5)21(18)15(22)23)12-6-8-13(9-7-12)27(24,25)11-20/h6-9,14H,10-11H2,1-5H3,(H,22,23)/t14-,18-/m1/s1. The van der Waals surface area contributed by atoms with Crippen LogP contribution in [0.15, 0.2) is 29.2 Å². The summed E-state index contributed by atoms with van der Waals surface area (Å²) in [6.07, 6.45) is -2.29. The van der Waals surface area contributed by atoms with E-state index < -0.39 is 51.4 Å². The first-order valence-electron chi connectivity index (χ1n) is 8.40. The lowest BCUT2D eigenvalue weighted by molar-refractivity contribution is -0.0696. The molecule has 0 aromatic heterocycles. The average molecular weight is 405 g/mol. The van der Waals surface area contributed by atoms with Crippen molar-refractivity contribution in [3.8, 4) is 0 Å². The number of sulfone groups is 1. The minimum atomic E-state index is -4.03. The van der Waals surface area contributed by atoms with Crippen molar-refractivity contribution in [2.45, 2.75) is 56.9 Å². The van der Waals surface area contributed by atoms with E-state index in [0.717, 1.165) is 4.90 Å². The van der Waals surface area contributed by atoms with Crippen LogP contribution in [-0.4, -0.2) is 48.5 Å². The highest BCUT2D eigenvalue weighted by atomic mass is 32.2. The summed E-state index contributed by atoms with van der Waals surface area (Å²) in [7, 11) is -4.03. The van der Waals surface area contributed by atoms with Crippen LogP contribution in [0.2, 0.25) is 0 Å². The first kappa shape index (κ1) is 21.6. The average Bonchev–Trinajstić information content (AvgIpc) is 2.82. The molecule has 1 saturated heterocycles. The Hall–Kier alpha value is -1.74. The van der Waals surface area contributed by atoms with Crippen molar-refractivity contribution < 1.29 is 31.8 Å². The second-order valence-electron chi connectivity index (χ2n) is 8.16. The van der Waals surface area contributed by atoms with Crippen LogP contribution in [-0.2, 0) is 14.6 Å². The smallest absolute Gasteiger partial charge is 0.410 e. The van der Waals surface area contributed by atoms with E-state index in [2.05, 4.69) is 0 Å². The van der Waals surface area contributed by atoms with E-state index in [0.29, 0.717) is 5.56 Å². The molecule has 1 aromatic rings. The molecule has 0 unspecified atom stereocenters. The van der Waals surface area contributed by atoms with Gasteiger partial charge in [-0.1, -0.05) is 32.9 Å². The molecule has 2 rings (SSSR count). The van der Waals surface area contributed by atoms with Crippen LogP contribution in [0.4, 0.5) is 13.6 Å². The Morgan fingerprint density at radius 2 is 1.74 bits per heavy atom. The molecule has 1 heterocycles. The summed E-state index contributed by atoms with van der Waals surface area (Å²) >= 11 is 0. The molecule has 0 radical (unpaired) electrons. The normalized spacial score (nSPS) is 25.6. The maximum atomic E-state index is 14.5. The second-order valence-corrected chi connectivity index (χ2v) is 10.1. The third kappa shape index (κ3) is 3.31. The molecular formula is C18H25F2NO5S. The number of hydrogen-bond donors (Lipinski definition) is 1. The zero-order valence-corrected chi connectivity index (χ0v) is 16.8. The van der Waals surface area contributed by atoms with Crippen LogP contribution in [0, 0.1) is 5.41 Å². The molecule has 1 fully saturated rings. The molecule has 0 spiro atoms. The Morgan fingerprint density at radius 1 is 1.22 bits per heavy atom. The highest BCUT2D eigenvalue weighted by Gasteiger charge is 2.66. The van der Waals surface area contributed by atoms with E-state index in [1.807, 2.05) is 0 Å².